The van der Waals surface area contributed by atoms with Crippen LogP contribution in [0.3, 0.4) is 0 Å². The second-order valence-electron chi connectivity index (χ2n) is 23.0. The van der Waals surface area contributed by atoms with Gasteiger partial charge in [-0.3, -0.25) is 0 Å². The molecule has 6 heteroatoms. The summed E-state index contributed by atoms with van der Waals surface area (Å²) in [6.07, 6.45) is 37.7. The minimum Gasteiger partial charge on any atom is -0.381 e. The van der Waals surface area contributed by atoms with E-state index in [0.29, 0.717) is 34.1 Å². The third-order valence-corrected chi connectivity index (χ3v) is 19.0. The lowest BCUT2D eigenvalue weighted by Crippen LogP contribution is -2.26. The zero-order valence-electron chi connectivity index (χ0n) is 42.1. The van der Waals surface area contributed by atoms with Gasteiger partial charge in [0.1, 0.15) is 6.29 Å². The van der Waals surface area contributed by atoms with Crippen LogP contribution in [0.4, 0.5) is 17.6 Å². The van der Waals surface area contributed by atoms with Gasteiger partial charge in [0, 0.05) is 19.1 Å². The van der Waals surface area contributed by atoms with Crippen molar-refractivity contribution in [1.82, 2.24) is 0 Å². The van der Waals surface area contributed by atoms with E-state index in [9.17, 15) is 4.79 Å². The van der Waals surface area contributed by atoms with Crippen LogP contribution in [0, 0.1) is 70.6 Å². The van der Waals surface area contributed by atoms with E-state index in [0.717, 1.165) is 152 Å². The Morgan fingerprint density at radius 2 is 0.725 bits per heavy atom. The zero-order valence-corrected chi connectivity index (χ0v) is 42.1. The van der Waals surface area contributed by atoms with E-state index in [1.54, 1.807) is 0 Å². The van der Waals surface area contributed by atoms with E-state index in [1.807, 2.05) is 24.3 Å². The Morgan fingerprint density at radius 3 is 0.971 bits per heavy atom. The average molecular weight is 963 g/mol. The van der Waals surface area contributed by atoms with E-state index in [-0.39, 0.29) is 44.4 Å². The number of ether oxygens (including phenoxy) is 1. The molecule has 69 heavy (non-hydrogen) atoms. The molecule has 1 aliphatic heterocycles. The zero-order chi connectivity index (χ0) is 47.1. The first-order valence-electron chi connectivity index (χ1n) is 28.3. The molecule has 0 amide bonds. The maximum Gasteiger partial charge on any atom is 0.162 e. The third-order valence-electron chi connectivity index (χ3n) is 19.0. The van der Waals surface area contributed by atoms with Crippen molar-refractivity contribution < 1.29 is 27.1 Å². The molecule has 7 aliphatic rings. The van der Waals surface area contributed by atoms with Crippen LogP contribution < -0.4 is 0 Å². The van der Waals surface area contributed by atoms with Crippen molar-refractivity contribution in [3.05, 3.63) is 82.4 Å². The molecule has 1 heterocycles. The molecule has 7 fully saturated rings. The average Bonchev–Trinajstić information content (AvgIpc) is 3.98. The molecule has 0 N–H and O–H groups in total. The topological polar surface area (TPSA) is 26.3 Å². The highest BCUT2D eigenvalue weighted by molar-refractivity contribution is 5.53. The highest BCUT2D eigenvalue weighted by Crippen LogP contribution is 2.48. The Hall–Kier alpha value is -2.47. The summed E-state index contributed by atoms with van der Waals surface area (Å²) in [4.78, 5) is 11.0. The quantitative estimate of drug-likeness (QED) is 0.120. The Bertz CT molecular complexity index is 1640. The molecular weight excluding hydrogens is 865 g/mol. The van der Waals surface area contributed by atoms with Gasteiger partial charge in [-0.05, 0) is 254 Å². The third kappa shape index (κ3) is 15.5. The predicted octanol–water partition coefficient (Wildman–Crippen LogP) is 19.7. The maximum absolute atomic E-state index is 15.1. The predicted molar refractivity (Wildman–Crippen MR) is 282 cm³/mol. The van der Waals surface area contributed by atoms with Crippen LogP contribution in [0.1, 0.15) is 267 Å². The molecule has 0 atom stereocenters. The van der Waals surface area contributed by atoms with E-state index < -0.39 is 23.3 Å². The fraction of sp³-hybridized carbons (Fsp3) is 0.762. The number of carbonyl (C=O) groups is 1. The normalized spacial score (nSPS) is 32.7. The van der Waals surface area contributed by atoms with Crippen molar-refractivity contribution in [1.29, 1.82) is 0 Å². The molecule has 390 valence electrons. The summed E-state index contributed by atoms with van der Waals surface area (Å²) in [6, 6.07) is 7.69. The minimum atomic E-state index is -0.567. The molecule has 0 radical (unpaired) electrons. The molecule has 2 nitrogen and oxygen atoms in total. The number of aldehydes is 1. The van der Waals surface area contributed by atoms with Crippen molar-refractivity contribution in [3.8, 4) is 0 Å². The second-order valence-corrected chi connectivity index (χ2v) is 23.0. The highest BCUT2D eigenvalue weighted by atomic mass is 19.2. The molecule has 9 rings (SSSR count). The van der Waals surface area contributed by atoms with Gasteiger partial charge in [-0.1, -0.05) is 84.7 Å². The van der Waals surface area contributed by atoms with Crippen molar-refractivity contribution in [2.24, 2.45) is 47.3 Å². The SMILES string of the molecule is C.C.C1CCOC1.C=CC1CCC(C2CCC(c3ccc(C4CCC(CCC)CC4)c(F)c3F)CC2)CC1.CCCC1CCC(c2ccc(C3CCC(C4CCC(C=O)CC4)CC3)c(F)c2F)CC1. The van der Waals surface area contributed by atoms with Crippen LogP contribution in [0.5, 0.6) is 0 Å². The van der Waals surface area contributed by atoms with Crippen LogP contribution in [-0.2, 0) is 9.53 Å². The van der Waals surface area contributed by atoms with Crippen LogP contribution in [0.2, 0.25) is 0 Å². The smallest absolute Gasteiger partial charge is 0.162 e. The van der Waals surface area contributed by atoms with Crippen LogP contribution in [-0.4, -0.2) is 19.5 Å². The first kappa shape index (κ1) is 57.4. The number of halogens is 4. The van der Waals surface area contributed by atoms with Crippen molar-refractivity contribution in [3.63, 3.8) is 0 Å². The van der Waals surface area contributed by atoms with Gasteiger partial charge in [0.05, 0.1) is 0 Å². The van der Waals surface area contributed by atoms with Crippen molar-refractivity contribution in [2.75, 3.05) is 13.2 Å². The molecular formula is C63H98F4O2. The first-order valence-corrected chi connectivity index (χ1v) is 28.3. The number of hydrogen-bond acceptors (Lipinski definition) is 2. The second kappa shape index (κ2) is 29.3. The first-order chi connectivity index (χ1) is 32.7. The lowest BCUT2D eigenvalue weighted by atomic mass is 9.68. The lowest BCUT2D eigenvalue weighted by Gasteiger charge is -2.37. The van der Waals surface area contributed by atoms with Gasteiger partial charge in [-0.2, -0.15) is 0 Å². The number of hydrogen-bond donors (Lipinski definition) is 0. The molecule has 2 aromatic carbocycles. The minimum absolute atomic E-state index is 0. The summed E-state index contributed by atoms with van der Waals surface area (Å²) in [5, 5.41) is 0. The summed E-state index contributed by atoms with van der Waals surface area (Å²) < 4.78 is 65.4. The molecule has 1 saturated heterocycles. The van der Waals surface area contributed by atoms with Gasteiger partial charge in [0.25, 0.3) is 0 Å². The van der Waals surface area contributed by atoms with Crippen molar-refractivity contribution >= 4 is 6.29 Å². The van der Waals surface area contributed by atoms with Gasteiger partial charge in [0.15, 0.2) is 23.3 Å². The molecule has 6 aliphatic carbocycles. The van der Waals surface area contributed by atoms with Gasteiger partial charge in [-0.25, -0.2) is 17.6 Å². The molecule has 2 aromatic rings. The van der Waals surface area contributed by atoms with Gasteiger partial charge in [0.2, 0.25) is 0 Å². The maximum atomic E-state index is 15.1. The number of allylic oxidation sites excluding steroid dienone is 1. The summed E-state index contributed by atoms with van der Waals surface area (Å²) in [7, 11) is 0. The molecule has 0 unspecified atom stereocenters. The van der Waals surface area contributed by atoms with Gasteiger partial charge < -0.3 is 9.53 Å². The number of carbonyl (C=O) groups excluding carboxylic acids is 1. The van der Waals surface area contributed by atoms with Crippen molar-refractivity contribution in [2.45, 2.75) is 245 Å². The Balaban J connectivity index is 0.000000227. The standard InChI is InChI=1S/C29H42F2.C28H40F2O.C4H8O.2CH4/c1-3-5-21-8-12-24(13-9-21)26-18-19-27(29(31)28(26)30)25-16-14-23(15-17-25)22-10-6-20(4-2)7-11-22;1-2-3-19-4-10-23(11-5-19)25-16-17-26(28(30)27(25)29)24-14-12-22(13-15-24)21-8-6-20(18-31)7-9-21;1-2-4-5-3-1;;/h4,18-25H,2-3,5-17H2,1H3;16-24H,2-15H2,1H3;1-4H2;2*1H4. The summed E-state index contributed by atoms with van der Waals surface area (Å²) >= 11 is 0. The number of rotatable bonds is 12. The summed E-state index contributed by atoms with van der Waals surface area (Å²) in [5.74, 6) is 4.14. The summed E-state index contributed by atoms with van der Waals surface area (Å²) in [6.45, 7) is 10.4. The number of benzene rings is 2. The van der Waals surface area contributed by atoms with Crippen LogP contribution >= 0.6 is 0 Å². The van der Waals surface area contributed by atoms with Gasteiger partial charge >= 0.3 is 0 Å². The van der Waals surface area contributed by atoms with E-state index >= 15 is 17.6 Å². The molecule has 0 aromatic heterocycles. The Kier molecular flexibility index (Phi) is 24.4. The molecule has 6 saturated carbocycles. The fourth-order valence-electron chi connectivity index (χ4n) is 14.7. The lowest BCUT2D eigenvalue weighted by molar-refractivity contribution is -0.112. The van der Waals surface area contributed by atoms with Crippen LogP contribution in [0.25, 0.3) is 0 Å². The molecule has 0 spiro atoms. The Labute approximate surface area is 419 Å². The Morgan fingerprint density at radius 1 is 0.449 bits per heavy atom. The fourth-order valence-corrected chi connectivity index (χ4v) is 14.7. The van der Waals surface area contributed by atoms with E-state index in [4.69, 9.17) is 4.74 Å². The van der Waals surface area contributed by atoms with Crippen LogP contribution in [0.15, 0.2) is 36.9 Å². The van der Waals surface area contributed by atoms with E-state index in [1.165, 1.54) is 89.9 Å². The van der Waals surface area contributed by atoms with E-state index in [2.05, 4.69) is 26.5 Å². The molecule has 0 bridgehead atoms. The largest absolute Gasteiger partial charge is 0.381 e. The summed E-state index contributed by atoms with van der Waals surface area (Å²) in [5.41, 5.74) is 2.53. The monoisotopic (exact) mass is 963 g/mol. The highest BCUT2D eigenvalue weighted by Gasteiger charge is 2.35. The van der Waals surface area contributed by atoms with Gasteiger partial charge in [-0.15, -0.1) is 6.58 Å².